The topological polar surface area (TPSA) is 52.6 Å². The first kappa shape index (κ1) is 18.3. The molecule has 0 saturated carbocycles. The van der Waals surface area contributed by atoms with Gasteiger partial charge in [0.1, 0.15) is 0 Å². The van der Waals surface area contributed by atoms with E-state index in [-0.39, 0.29) is 25.3 Å². The Labute approximate surface area is 123 Å². The van der Waals surface area contributed by atoms with Gasteiger partial charge in [-0.05, 0) is 18.6 Å². The maximum atomic E-state index is 13.0. The number of halogens is 5. The average molecular weight is 326 g/mol. The maximum Gasteiger partial charge on any atom is 0.401 e. The normalized spacial score (nSPS) is 11.8. The number of aliphatic hydroxyl groups excluding tert-OH is 1. The van der Waals surface area contributed by atoms with Crippen LogP contribution in [-0.2, 0) is 4.79 Å². The highest BCUT2D eigenvalue weighted by Gasteiger charge is 2.31. The molecule has 0 bridgehead atoms. The minimum atomic E-state index is -4.49. The summed E-state index contributed by atoms with van der Waals surface area (Å²) >= 11 is 0. The van der Waals surface area contributed by atoms with E-state index in [2.05, 4.69) is 5.32 Å². The lowest BCUT2D eigenvalue weighted by Gasteiger charge is -2.22. The van der Waals surface area contributed by atoms with Crippen molar-refractivity contribution in [3.8, 4) is 0 Å². The van der Waals surface area contributed by atoms with Gasteiger partial charge in [0.05, 0.1) is 13.1 Å². The first-order valence-corrected chi connectivity index (χ1v) is 6.36. The van der Waals surface area contributed by atoms with Gasteiger partial charge in [0.2, 0.25) is 5.91 Å². The van der Waals surface area contributed by atoms with Crippen LogP contribution in [0.3, 0.4) is 0 Å². The highest BCUT2D eigenvalue weighted by Crippen LogP contribution is 2.17. The molecule has 0 heterocycles. The Hall–Kier alpha value is -1.74. The summed E-state index contributed by atoms with van der Waals surface area (Å²) in [6.45, 7) is -2.32. The fraction of sp³-hybridized carbons (Fsp3) is 0.462. The number of benzene rings is 1. The molecule has 0 atom stereocenters. The molecule has 22 heavy (non-hydrogen) atoms. The van der Waals surface area contributed by atoms with Gasteiger partial charge >= 0.3 is 6.18 Å². The predicted octanol–water partition coefficient (Wildman–Crippen LogP) is 2.15. The van der Waals surface area contributed by atoms with Crippen molar-refractivity contribution in [2.75, 3.05) is 31.6 Å². The van der Waals surface area contributed by atoms with Crippen LogP contribution in [0.1, 0.15) is 6.42 Å². The molecule has 124 valence electrons. The molecule has 0 aliphatic heterocycles. The largest absolute Gasteiger partial charge is 0.401 e. The number of nitrogens with one attached hydrogen (secondary N) is 1. The molecule has 1 rings (SSSR count). The zero-order valence-corrected chi connectivity index (χ0v) is 11.5. The molecule has 4 nitrogen and oxygen atoms in total. The summed E-state index contributed by atoms with van der Waals surface area (Å²) in [5.74, 6) is -3.07. The number of nitrogens with zero attached hydrogens (tertiary/aromatic N) is 1. The molecular formula is C13H15F5N2O2. The van der Waals surface area contributed by atoms with Gasteiger partial charge in [0.25, 0.3) is 0 Å². The summed E-state index contributed by atoms with van der Waals surface area (Å²) in [6, 6.07) is 2.62. The number of alkyl halides is 3. The average Bonchev–Trinajstić information content (AvgIpc) is 2.38. The summed E-state index contributed by atoms with van der Waals surface area (Å²) in [5, 5.41) is 10.8. The summed E-state index contributed by atoms with van der Waals surface area (Å²) in [5.41, 5.74) is -0.0574. The van der Waals surface area contributed by atoms with Gasteiger partial charge in [-0.1, -0.05) is 0 Å². The van der Waals surface area contributed by atoms with Crippen molar-refractivity contribution in [2.24, 2.45) is 0 Å². The Balaban J connectivity index is 2.63. The molecule has 0 spiro atoms. The third-order valence-electron chi connectivity index (χ3n) is 2.61. The van der Waals surface area contributed by atoms with E-state index in [1.807, 2.05) is 0 Å². The lowest BCUT2D eigenvalue weighted by molar-refractivity contribution is -0.148. The maximum absolute atomic E-state index is 13.0. The van der Waals surface area contributed by atoms with Crippen molar-refractivity contribution in [3.63, 3.8) is 0 Å². The van der Waals surface area contributed by atoms with Crippen LogP contribution in [0.15, 0.2) is 18.2 Å². The van der Waals surface area contributed by atoms with Gasteiger partial charge in [-0.15, -0.1) is 0 Å². The second kappa shape index (κ2) is 8.04. The molecule has 9 heteroatoms. The Kier molecular flexibility index (Phi) is 6.69. The quantitative estimate of drug-likeness (QED) is 0.755. The van der Waals surface area contributed by atoms with E-state index in [4.69, 9.17) is 5.11 Å². The van der Waals surface area contributed by atoms with E-state index in [1.165, 1.54) is 0 Å². The van der Waals surface area contributed by atoms with Gasteiger partial charge in [0.15, 0.2) is 11.6 Å². The van der Waals surface area contributed by atoms with Crippen molar-refractivity contribution in [3.05, 3.63) is 29.8 Å². The molecular weight excluding hydrogens is 311 g/mol. The fourth-order valence-electron chi connectivity index (χ4n) is 1.74. The van der Waals surface area contributed by atoms with Crippen LogP contribution in [0.4, 0.5) is 27.6 Å². The SMILES string of the molecule is O=C(CN(CCCO)CC(F)(F)F)Nc1ccc(F)c(F)c1. The van der Waals surface area contributed by atoms with Crippen molar-refractivity contribution in [1.82, 2.24) is 4.90 Å². The number of hydrogen-bond acceptors (Lipinski definition) is 3. The lowest BCUT2D eigenvalue weighted by Crippen LogP contribution is -2.40. The Bertz CT molecular complexity index is 508. The molecule has 0 saturated heterocycles. The molecule has 2 N–H and O–H groups in total. The van der Waals surface area contributed by atoms with Crippen LogP contribution in [0, 0.1) is 11.6 Å². The van der Waals surface area contributed by atoms with Gasteiger partial charge in [-0.2, -0.15) is 13.2 Å². The van der Waals surface area contributed by atoms with E-state index in [0.717, 1.165) is 23.1 Å². The van der Waals surface area contributed by atoms with Crippen molar-refractivity contribution in [2.45, 2.75) is 12.6 Å². The number of carbonyl (C=O) groups excluding carboxylic acids is 1. The number of anilines is 1. The predicted molar refractivity (Wildman–Crippen MR) is 69.2 cm³/mol. The minimum Gasteiger partial charge on any atom is -0.396 e. The smallest absolute Gasteiger partial charge is 0.396 e. The Morgan fingerprint density at radius 1 is 1.23 bits per heavy atom. The number of aliphatic hydroxyl groups is 1. The zero-order chi connectivity index (χ0) is 16.8. The first-order valence-electron chi connectivity index (χ1n) is 6.36. The monoisotopic (exact) mass is 326 g/mol. The number of rotatable bonds is 7. The van der Waals surface area contributed by atoms with E-state index in [9.17, 15) is 26.7 Å². The third kappa shape index (κ3) is 6.81. The fourth-order valence-corrected chi connectivity index (χ4v) is 1.74. The second-order valence-electron chi connectivity index (χ2n) is 4.58. The van der Waals surface area contributed by atoms with Crippen molar-refractivity contribution >= 4 is 11.6 Å². The van der Waals surface area contributed by atoms with E-state index in [1.54, 1.807) is 0 Å². The van der Waals surface area contributed by atoms with E-state index >= 15 is 0 Å². The van der Waals surface area contributed by atoms with Gasteiger partial charge in [0, 0.05) is 24.9 Å². The third-order valence-corrected chi connectivity index (χ3v) is 2.61. The van der Waals surface area contributed by atoms with Gasteiger partial charge < -0.3 is 10.4 Å². The molecule has 1 aromatic carbocycles. The highest BCUT2D eigenvalue weighted by atomic mass is 19.4. The zero-order valence-electron chi connectivity index (χ0n) is 11.5. The van der Waals surface area contributed by atoms with Crippen LogP contribution in [0.2, 0.25) is 0 Å². The minimum absolute atomic E-state index is 0.0574. The van der Waals surface area contributed by atoms with Crippen LogP contribution < -0.4 is 5.32 Å². The molecule has 0 unspecified atom stereocenters. The molecule has 0 aromatic heterocycles. The lowest BCUT2D eigenvalue weighted by atomic mass is 10.3. The molecule has 0 aliphatic rings. The standard InChI is InChI=1S/C13H15F5N2O2/c14-10-3-2-9(6-11(10)15)19-12(22)7-20(4-1-5-21)8-13(16,17)18/h2-3,6,21H,1,4-5,7-8H2,(H,19,22). The van der Waals surface area contributed by atoms with Gasteiger partial charge in [-0.25, -0.2) is 8.78 Å². The summed E-state index contributed by atoms with van der Waals surface area (Å²) in [4.78, 5) is 12.5. The molecule has 1 aromatic rings. The van der Waals surface area contributed by atoms with E-state index in [0.29, 0.717) is 0 Å². The molecule has 0 aliphatic carbocycles. The van der Waals surface area contributed by atoms with E-state index < -0.39 is 36.8 Å². The number of hydrogen-bond donors (Lipinski definition) is 2. The van der Waals surface area contributed by atoms with Crippen LogP contribution in [0.25, 0.3) is 0 Å². The Morgan fingerprint density at radius 2 is 1.91 bits per heavy atom. The molecule has 0 radical (unpaired) electrons. The molecule has 1 amide bonds. The van der Waals surface area contributed by atoms with Gasteiger partial charge in [-0.3, -0.25) is 9.69 Å². The van der Waals surface area contributed by atoms with Crippen molar-refractivity contribution < 1.29 is 31.9 Å². The second-order valence-corrected chi connectivity index (χ2v) is 4.58. The van der Waals surface area contributed by atoms with Crippen LogP contribution in [-0.4, -0.2) is 48.3 Å². The number of amides is 1. The molecule has 0 fully saturated rings. The summed E-state index contributed by atoms with van der Waals surface area (Å²) < 4.78 is 62.8. The van der Waals surface area contributed by atoms with Crippen LogP contribution in [0.5, 0.6) is 0 Å². The summed E-state index contributed by atoms with van der Waals surface area (Å²) in [7, 11) is 0. The van der Waals surface area contributed by atoms with Crippen molar-refractivity contribution in [1.29, 1.82) is 0 Å². The Morgan fingerprint density at radius 3 is 2.45 bits per heavy atom. The first-order chi connectivity index (χ1) is 10.2. The number of carbonyl (C=O) groups is 1. The highest BCUT2D eigenvalue weighted by molar-refractivity contribution is 5.92. The summed E-state index contributed by atoms with van der Waals surface area (Å²) in [6.07, 6.45) is -4.41. The van der Waals surface area contributed by atoms with Crippen LogP contribution >= 0.6 is 0 Å².